The molecule has 25 heavy (non-hydrogen) atoms. The average Bonchev–Trinajstić information content (AvgIpc) is 3.30. The highest BCUT2D eigenvalue weighted by atomic mass is 32.2. The number of fused-ring (bicyclic) bond motifs is 1. The Balaban J connectivity index is 1.57. The van der Waals surface area contributed by atoms with E-state index in [0.29, 0.717) is 16.6 Å². The van der Waals surface area contributed by atoms with Gasteiger partial charge in [0.1, 0.15) is 5.69 Å². The van der Waals surface area contributed by atoms with Gasteiger partial charge in [-0.1, -0.05) is 30.0 Å². The highest BCUT2D eigenvalue weighted by Gasteiger charge is 2.11. The minimum atomic E-state index is -0.404. The Labute approximate surface area is 150 Å². The Bertz CT molecular complexity index is 1030. The fourth-order valence-electron chi connectivity index (χ4n) is 2.28. The third-order valence-corrected chi connectivity index (χ3v) is 5.41. The molecule has 0 saturated heterocycles. The van der Waals surface area contributed by atoms with Gasteiger partial charge in [0.2, 0.25) is 5.16 Å². The smallest absolute Gasteiger partial charge is 0.258 e. The highest BCUT2D eigenvalue weighted by molar-refractivity contribution is 7.98. The van der Waals surface area contributed by atoms with Gasteiger partial charge in [-0.25, -0.2) is 0 Å². The summed E-state index contributed by atoms with van der Waals surface area (Å²) < 4.78 is 1.73. The third kappa shape index (κ3) is 3.24. The van der Waals surface area contributed by atoms with Gasteiger partial charge in [0.15, 0.2) is 5.65 Å². The zero-order chi connectivity index (χ0) is 17.2. The number of thioether (sulfide) groups is 1. The Morgan fingerprint density at radius 1 is 1.12 bits per heavy atom. The standard InChI is InChI=1S/C16H11N5O2S2/c22-21(23)12-5-3-11(4-6-12)10-25-16-18-17-15-8-7-13(19-20(15)16)14-2-1-9-24-14/h1-9H,10H2. The second-order valence-electron chi connectivity index (χ2n) is 5.16. The molecule has 1 aromatic carbocycles. The fraction of sp³-hybridized carbons (Fsp3) is 0.0625. The van der Waals surface area contributed by atoms with E-state index in [1.165, 1.54) is 23.9 Å². The summed E-state index contributed by atoms with van der Waals surface area (Å²) in [6.45, 7) is 0. The number of hydrogen-bond acceptors (Lipinski definition) is 7. The summed E-state index contributed by atoms with van der Waals surface area (Å²) in [6.07, 6.45) is 0. The summed E-state index contributed by atoms with van der Waals surface area (Å²) in [4.78, 5) is 11.4. The Kier molecular flexibility index (Phi) is 4.16. The van der Waals surface area contributed by atoms with Crippen molar-refractivity contribution in [3.63, 3.8) is 0 Å². The molecule has 0 aliphatic rings. The number of nitro groups is 1. The molecule has 0 radical (unpaired) electrons. The van der Waals surface area contributed by atoms with Crippen LogP contribution in [-0.4, -0.2) is 24.7 Å². The number of thiophene rings is 1. The quantitative estimate of drug-likeness (QED) is 0.300. The predicted octanol–water partition coefficient (Wildman–Crippen LogP) is 4.05. The normalized spacial score (nSPS) is 11.0. The summed E-state index contributed by atoms with van der Waals surface area (Å²) in [7, 11) is 0. The highest BCUT2D eigenvalue weighted by Crippen LogP contribution is 2.26. The van der Waals surface area contributed by atoms with Crippen molar-refractivity contribution in [2.45, 2.75) is 10.9 Å². The van der Waals surface area contributed by atoms with Crippen molar-refractivity contribution < 1.29 is 4.92 Å². The molecule has 9 heteroatoms. The van der Waals surface area contributed by atoms with Crippen molar-refractivity contribution in [1.82, 2.24) is 19.8 Å². The van der Waals surface area contributed by atoms with Crippen LogP contribution in [-0.2, 0) is 5.75 Å². The molecule has 4 aromatic rings. The minimum Gasteiger partial charge on any atom is -0.258 e. The first kappa shape index (κ1) is 15.7. The van der Waals surface area contributed by atoms with Crippen LogP contribution in [0.15, 0.2) is 59.1 Å². The van der Waals surface area contributed by atoms with Crippen molar-refractivity contribution in [3.8, 4) is 10.6 Å². The molecule has 3 heterocycles. The number of rotatable bonds is 5. The van der Waals surface area contributed by atoms with Gasteiger partial charge in [-0.3, -0.25) is 10.1 Å². The second-order valence-corrected chi connectivity index (χ2v) is 7.05. The van der Waals surface area contributed by atoms with Crippen LogP contribution in [0.2, 0.25) is 0 Å². The van der Waals surface area contributed by atoms with Gasteiger partial charge < -0.3 is 0 Å². The van der Waals surface area contributed by atoms with Crippen LogP contribution in [0.1, 0.15) is 5.56 Å². The molecule has 0 spiro atoms. The van der Waals surface area contributed by atoms with E-state index in [2.05, 4.69) is 15.3 Å². The van der Waals surface area contributed by atoms with Crippen molar-refractivity contribution in [2.24, 2.45) is 0 Å². The Morgan fingerprint density at radius 2 is 1.96 bits per heavy atom. The van der Waals surface area contributed by atoms with Crippen LogP contribution in [0.25, 0.3) is 16.2 Å². The van der Waals surface area contributed by atoms with Crippen molar-refractivity contribution in [3.05, 3.63) is 69.6 Å². The first-order valence-corrected chi connectivity index (χ1v) is 9.20. The van der Waals surface area contributed by atoms with Crippen LogP contribution in [0.4, 0.5) is 5.69 Å². The van der Waals surface area contributed by atoms with Gasteiger partial charge in [-0.05, 0) is 29.1 Å². The minimum absolute atomic E-state index is 0.0870. The maximum absolute atomic E-state index is 10.7. The van der Waals surface area contributed by atoms with Gasteiger partial charge in [-0.2, -0.15) is 9.61 Å². The number of hydrogen-bond donors (Lipinski definition) is 0. The molecule has 7 nitrogen and oxygen atoms in total. The van der Waals surface area contributed by atoms with Crippen LogP contribution in [0, 0.1) is 10.1 Å². The van der Waals surface area contributed by atoms with E-state index < -0.39 is 4.92 Å². The topological polar surface area (TPSA) is 86.2 Å². The zero-order valence-corrected chi connectivity index (χ0v) is 14.4. The molecule has 0 aliphatic carbocycles. The first-order chi connectivity index (χ1) is 12.2. The van der Waals surface area contributed by atoms with Gasteiger partial charge in [0.25, 0.3) is 5.69 Å². The summed E-state index contributed by atoms with van der Waals surface area (Å²) >= 11 is 3.12. The van der Waals surface area contributed by atoms with Crippen LogP contribution in [0.5, 0.6) is 0 Å². The molecule has 124 valence electrons. The van der Waals surface area contributed by atoms with Gasteiger partial charge in [0, 0.05) is 17.9 Å². The van der Waals surface area contributed by atoms with Crippen molar-refractivity contribution in [1.29, 1.82) is 0 Å². The Hall–Kier alpha value is -2.78. The number of non-ortho nitro benzene ring substituents is 1. The van der Waals surface area contributed by atoms with E-state index in [9.17, 15) is 10.1 Å². The molecule has 3 aromatic heterocycles. The van der Waals surface area contributed by atoms with Gasteiger partial charge >= 0.3 is 0 Å². The number of nitrogens with zero attached hydrogens (tertiary/aromatic N) is 5. The lowest BCUT2D eigenvalue weighted by Crippen LogP contribution is -1.96. The summed E-state index contributed by atoms with van der Waals surface area (Å²) in [6, 6.07) is 14.3. The summed E-state index contributed by atoms with van der Waals surface area (Å²) in [5.74, 6) is 0.629. The lowest BCUT2D eigenvalue weighted by atomic mass is 10.2. The average molecular weight is 369 g/mol. The molecular formula is C16H11N5O2S2. The number of aromatic nitrogens is 4. The summed E-state index contributed by atoms with van der Waals surface area (Å²) in [5, 5.41) is 26.3. The molecule has 0 bridgehead atoms. The maximum atomic E-state index is 10.7. The molecule has 0 fully saturated rings. The van der Waals surface area contributed by atoms with E-state index in [1.54, 1.807) is 28.0 Å². The molecule has 4 rings (SSSR count). The monoisotopic (exact) mass is 369 g/mol. The maximum Gasteiger partial charge on any atom is 0.269 e. The largest absolute Gasteiger partial charge is 0.269 e. The number of nitro benzene ring substituents is 1. The Morgan fingerprint density at radius 3 is 2.68 bits per heavy atom. The number of benzene rings is 1. The molecule has 0 atom stereocenters. The summed E-state index contributed by atoms with van der Waals surface area (Å²) in [5.41, 5.74) is 2.62. The lowest BCUT2D eigenvalue weighted by molar-refractivity contribution is -0.384. The zero-order valence-electron chi connectivity index (χ0n) is 12.8. The molecule has 0 saturated carbocycles. The predicted molar refractivity (Wildman–Crippen MR) is 96.8 cm³/mol. The molecule has 0 aliphatic heterocycles. The molecule has 0 amide bonds. The van der Waals surface area contributed by atoms with E-state index in [4.69, 9.17) is 0 Å². The molecule has 0 N–H and O–H groups in total. The van der Waals surface area contributed by atoms with E-state index in [-0.39, 0.29) is 5.69 Å². The fourth-order valence-corrected chi connectivity index (χ4v) is 3.81. The van der Waals surface area contributed by atoms with E-state index in [1.807, 2.05) is 29.6 Å². The first-order valence-electron chi connectivity index (χ1n) is 7.33. The lowest BCUT2D eigenvalue weighted by Gasteiger charge is -2.02. The van der Waals surface area contributed by atoms with Crippen LogP contribution >= 0.6 is 23.1 Å². The molecular weight excluding hydrogens is 358 g/mol. The van der Waals surface area contributed by atoms with Gasteiger partial charge in [-0.15, -0.1) is 21.5 Å². The SMILES string of the molecule is O=[N+]([O-])c1ccc(CSc2nnc3ccc(-c4cccs4)nn23)cc1. The third-order valence-electron chi connectivity index (χ3n) is 3.52. The van der Waals surface area contributed by atoms with Crippen LogP contribution in [0.3, 0.4) is 0 Å². The van der Waals surface area contributed by atoms with Crippen LogP contribution < -0.4 is 0 Å². The van der Waals surface area contributed by atoms with Crippen molar-refractivity contribution in [2.75, 3.05) is 0 Å². The van der Waals surface area contributed by atoms with Gasteiger partial charge in [0.05, 0.1) is 9.80 Å². The van der Waals surface area contributed by atoms with E-state index >= 15 is 0 Å². The second kappa shape index (κ2) is 6.61. The molecule has 0 unspecified atom stereocenters. The van der Waals surface area contributed by atoms with E-state index in [0.717, 1.165) is 16.1 Å². The van der Waals surface area contributed by atoms with Crippen molar-refractivity contribution >= 4 is 34.4 Å².